The van der Waals surface area contributed by atoms with Gasteiger partial charge in [-0.05, 0) is 37.1 Å². The highest BCUT2D eigenvalue weighted by molar-refractivity contribution is 6.30. The largest absolute Gasteiger partial charge is 0.493 e. The van der Waals surface area contributed by atoms with Gasteiger partial charge in [0.25, 0.3) is 0 Å². The Morgan fingerprint density at radius 3 is 2.85 bits per heavy atom. The van der Waals surface area contributed by atoms with E-state index in [1.165, 1.54) is 0 Å². The number of hydrogen-bond acceptors (Lipinski definition) is 3. The zero-order valence-electron chi connectivity index (χ0n) is 11.8. The van der Waals surface area contributed by atoms with Crippen LogP contribution in [0.5, 0.6) is 5.75 Å². The van der Waals surface area contributed by atoms with Crippen LogP contribution >= 0.6 is 11.6 Å². The smallest absolute Gasteiger partial charge is 0.137 e. The quantitative estimate of drug-likeness (QED) is 0.749. The first kappa shape index (κ1) is 15.3. The van der Waals surface area contributed by atoms with Crippen molar-refractivity contribution in [2.24, 2.45) is 5.73 Å². The Kier molecular flexibility index (Phi) is 5.86. The molecule has 0 aliphatic carbocycles. The Morgan fingerprint density at radius 1 is 1.25 bits per heavy atom. The summed E-state index contributed by atoms with van der Waals surface area (Å²) in [5, 5.41) is 0.694. The normalized spacial score (nSPS) is 13.1. The van der Waals surface area contributed by atoms with Crippen molar-refractivity contribution in [1.82, 2.24) is 0 Å². The summed E-state index contributed by atoms with van der Waals surface area (Å²) in [7, 11) is 0. The summed E-state index contributed by atoms with van der Waals surface area (Å²) in [5.74, 6) is 1.14. The van der Waals surface area contributed by atoms with Crippen molar-refractivity contribution < 1.29 is 9.53 Å². The molecular weight excluding hydrogens is 274 g/mol. The first-order chi connectivity index (χ1) is 9.70. The summed E-state index contributed by atoms with van der Waals surface area (Å²) >= 11 is 6.09. The number of nitrogens with two attached hydrogens (primary N) is 1. The monoisotopic (exact) mass is 295 g/mol. The van der Waals surface area contributed by atoms with E-state index in [1.807, 2.05) is 12.1 Å². The maximum absolute atomic E-state index is 12.0. The minimum Gasteiger partial charge on any atom is -0.493 e. The second-order valence-corrected chi connectivity index (χ2v) is 5.76. The lowest BCUT2D eigenvalue weighted by Gasteiger charge is -2.08. The van der Waals surface area contributed by atoms with Gasteiger partial charge in [-0.3, -0.25) is 4.79 Å². The van der Waals surface area contributed by atoms with E-state index in [9.17, 15) is 4.79 Å². The van der Waals surface area contributed by atoms with E-state index in [4.69, 9.17) is 22.1 Å². The molecule has 0 unspecified atom stereocenters. The fourth-order valence-corrected chi connectivity index (χ4v) is 2.86. The molecule has 0 saturated carbocycles. The molecule has 3 nitrogen and oxygen atoms in total. The molecule has 0 bridgehead atoms. The average molecular weight is 296 g/mol. The number of hydrogen-bond donors (Lipinski definition) is 1. The number of benzene rings is 1. The maximum Gasteiger partial charge on any atom is 0.137 e. The lowest BCUT2D eigenvalue weighted by molar-refractivity contribution is -0.118. The van der Waals surface area contributed by atoms with Gasteiger partial charge in [-0.15, -0.1) is 0 Å². The van der Waals surface area contributed by atoms with Crippen LogP contribution in [0.4, 0.5) is 0 Å². The highest BCUT2D eigenvalue weighted by Gasteiger charge is 2.19. The van der Waals surface area contributed by atoms with Gasteiger partial charge in [0.15, 0.2) is 0 Å². The van der Waals surface area contributed by atoms with Crippen LogP contribution < -0.4 is 10.5 Å². The molecule has 1 aliphatic heterocycles. The van der Waals surface area contributed by atoms with Crippen molar-refractivity contribution in [3.05, 3.63) is 28.3 Å². The Hall–Kier alpha value is -1.06. The van der Waals surface area contributed by atoms with E-state index < -0.39 is 0 Å². The number of Topliss-reactive ketones (excluding diaryl/α,β-unsaturated/α-hetero) is 1. The fraction of sp³-hybridized carbons (Fsp3) is 0.562. The minimum atomic E-state index is 0.262. The number of fused-ring (bicyclic) bond motifs is 1. The van der Waals surface area contributed by atoms with Crippen LogP contribution in [0.3, 0.4) is 0 Å². The van der Waals surface area contributed by atoms with Crippen molar-refractivity contribution in [3.8, 4) is 5.75 Å². The van der Waals surface area contributed by atoms with E-state index in [2.05, 4.69) is 0 Å². The standard InChI is InChI=1S/C16H22ClNO2/c17-14-9-12-6-8-20-16(12)13(10-14)11-15(19)5-3-1-2-4-7-18/h9-10H,1-8,11,18H2. The maximum atomic E-state index is 12.0. The van der Waals surface area contributed by atoms with E-state index in [0.717, 1.165) is 55.5 Å². The molecule has 0 aromatic heterocycles. The highest BCUT2D eigenvalue weighted by atomic mass is 35.5. The van der Waals surface area contributed by atoms with Gasteiger partial charge in [0, 0.05) is 29.8 Å². The van der Waals surface area contributed by atoms with Crippen molar-refractivity contribution >= 4 is 17.4 Å². The third-order valence-corrected chi connectivity index (χ3v) is 3.84. The number of halogens is 1. The molecule has 0 fully saturated rings. The Balaban J connectivity index is 1.85. The molecule has 0 spiro atoms. The van der Waals surface area contributed by atoms with Crippen LogP contribution in [0.1, 0.15) is 43.2 Å². The van der Waals surface area contributed by atoms with Crippen LogP contribution in [-0.4, -0.2) is 18.9 Å². The van der Waals surface area contributed by atoms with Crippen LogP contribution in [0.25, 0.3) is 0 Å². The van der Waals surface area contributed by atoms with Crippen LogP contribution in [0.15, 0.2) is 12.1 Å². The highest BCUT2D eigenvalue weighted by Crippen LogP contribution is 2.33. The lowest BCUT2D eigenvalue weighted by Crippen LogP contribution is -2.04. The van der Waals surface area contributed by atoms with Crippen LogP contribution in [-0.2, 0) is 17.6 Å². The van der Waals surface area contributed by atoms with Gasteiger partial charge in [0.05, 0.1) is 6.61 Å². The van der Waals surface area contributed by atoms with Crippen molar-refractivity contribution in [2.75, 3.05) is 13.2 Å². The number of carbonyl (C=O) groups excluding carboxylic acids is 1. The Labute approximate surface area is 125 Å². The summed E-state index contributed by atoms with van der Waals surface area (Å²) in [6, 6.07) is 3.79. The van der Waals surface area contributed by atoms with Gasteiger partial charge < -0.3 is 10.5 Å². The summed E-state index contributed by atoms with van der Waals surface area (Å²) in [5.41, 5.74) is 7.52. The molecule has 0 amide bonds. The molecular formula is C16H22ClNO2. The zero-order valence-corrected chi connectivity index (χ0v) is 12.5. The topological polar surface area (TPSA) is 52.3 Å². The number of ether oxygens (including phenoxy) is 1. The third-order valence-electron chi connectivity index (χ3n) is 3.62. The molecule has 2 rings (SSSR count). The third kappa shape index (κ3) is 4.22. The summed E-state index contributed by atoms with van der Waals surface area (Å²) < 4.78 is 5.62. The summed E-state index contributed by atoms with van der Waals surface area (Å²) in [4.78, 5) is 12.0. The van der Waals surface area contributed by atoms with Crippen LogP contribution in [0, 0.1) is 0 Å². The molecule has 0 saturated heterocycles. The molecule has 2 N–H and O–H groups in total. The van der Waals surface area contributed by atoms with Crippen molar-refractivity contribution in [1.29, 1.82) is 0 Å². The molecule has 20 heavy (non-hydrogen) atoms. The lowest BCUT2D eigenvalue weighted by atomic mass is 10.0. The molecule has 0 radical (unpaired) electrons. The number of rotatable bonds is 8. The predicted octanol–water partition coefficient (Wildman–Crippen LogP) is 3.30. The zero-order chi connectivity index (χ0) is 14.4. The van der Waals surface area contributed by atoms with E-state index in [-0.39, 0.29) is 5.78 Å². The summed E-state index contributed by atoms with van der Waals surface area (Å²) in [6.07, 6.45) is 6.13. The SMILES string of the molecule is NCCCCCCC(=O)Cc1cc(Cl)cc2c1OCC2. The van der Waals surface area contributed by atoms with Crippen molar-refractivity contribution in [2.45, 2.75) is 44.9 Å². The van der Waals surface area contributed by atoms with E-state index in [1.54, 1.807) is 0 Å². The van der Waals surface area contributed by atoms with Gasteiger partial charge in [0.1, 0.15) is 11.5 Å². The average Bonchev–Trinajstić information content (AvgIpc) is 2.86. The first-order valence-electron chi connectivity index (χ1n) is 7.36. The Bertz CT molecular complexity index is 474. The van der Waals surface area contributed by atoms with Crippen molar-refractivity contribution in [3.63, 3.8) is 0 Å². The molecule has 0 atom stereocenters. The second kappa shape index (κ2) is 7.65. The van der Waals surface area contributed by atoms with E-state index >= 15 is 0 Å². The van der Waals surface area contributed by atoms with Gasteiger partial charge in [-0.25, -0.2) is 0 Å². The van der Waals surface area contributed by atoms with Gasteiger partial charge in [-0.1, -0.05) is 24.4 Å². The minimum absolute atomic E-state index is 0.262. The number of carbonyl (C=O) groups is 1. The fourth-order valence-electron chi connectivity index (χ4n) is 2.60. The van der Waals surface area contributed by atoms with Gasteiger partial charge in [-0.2, -0.15) is 0 Å². The van der Waals surface area contributed by atoms with Crippen LogP contribution in [0.2, 0.25) is 5.02 Å². The predicted molar refractivity (Wildman–Crippen MR) is 81.5 cm³/mol. The molecule has 4 heteroatoms. The molecule has 1 aromatic carbocycles. The first-order valence-corrected chi connectivity index (χ1v) is 7.74. The number of ketones is 1. The molecule has 1 aliphatic rings. The van der Waals surface area contributed by atoms with Gasteiger partial charge in [0.2, 0.25) is 0 Å². The number of unbranched alkanes of at least 4 members (excludes halogenated alkanes) is 3. The van der Waals surface area contributed by atoms with Gasteiger partial charge >= 0.3 is 0 Å². The Morgan fingerprint density at radius 2 is 2.05 bits per heavy atom. The molecule has 110 valence electrons. The second-order valence-electron chi connectivity index (χ2n) is 5.32. The molecule has 1 heterocycles. The molecule has 1 aromatic rings. The summed E-state index contributed by atoms with van der Waals surface area (Å²) in [6.45, 7) is 1.43. The van der Waals surface area contributed by atoms with E-state index in [0.29, 0.717) is 24.5 Å².